The van der Waals surface area contributed by atoms with E-state index in [1.807, 2.05) is 0 Å². The van der Waals surface area contributed by atoms with Gasteiger partial charge in [-0.15, -0.1) is 11.6 Å². The van der Waals surface area contributed by atoms with Gasteiger partial charge in [-0.25, -0.2) is 0 Å². The van der Waals surface area contributed by atoms with Crippen LogP contribution in [-0.2, 0) is 0 Å². The Bertz CT molecular complexity index is 284. The first kappa shape index (κ1) is 10.5. The molecule has 4 nitrogen and oxygen atoms in total. The number of hydrogen-bond acceptors (Lipinski definition) is 4. The fourth-order valence-corrected chi connectivity index (χ4v) is 1.59. The summed E-state index contributed by atoms with van der Waals surface area (Å²) in [6, 6.07) is 1.75. The minimum absolute atomic E-state index is 0.0811. The third-order valence-corrected chi connectivity index (χ3v) is 2.71. The monoisotopic (exact) mass is 203 g/mol. The lowest BCUT2D eigenvalue weighted by Crippen LogP contribution is -2.49. The second kappa shape index (κ2) is 3.28. The zero-order valence-corrected chi connectivity index (χ0v) is 7.73. The highest BCUT2D eigenvalue weighted by Crippen LogP contribution is 2.34. The van der Waals surface area contributed by atoms with E-state index in [2.05, 4.69) is 0 Å². The molecule has 0 spiro atoms. The van der Waals surface area contributed by atoms with Gasteiger partial charge in [0.1, 0.15) is 11.7 Å². The molecular formula is C8H10ClNO3. The van der Waals surface area contributed by atoms with Crippen LogP contribution in [0.1, 0.15) is 6.92 Å². The van der Waals surface area contributed by atoms with Crippen LogP contribution >= 0.6 is 11.6 Å². The average Bonchev–Trinajstić information content (AvgIpc) is 2.31. The van der Waals surface area contributed by atoms with Crippen molar-refractivity contribution < 1.29 is 15.3 Å². The van der Waals surface area contributed by atoms with E-state index in [1.165, 1.54) is 6.92 Å². The Kier molecular flexibility index (Phi) is 2.64. The van der Waals surface area contributed by atoms with Gasteiger partial charge < -0.3 is 15.3 Å². The molecule has 72 valence electrons. The van der Waals surface area contributed by atoms with E-state index in [9.17, 15) is 15.3 Å². The van der Waals surface area contributed by atoms with Gasteiger partial charge in [0.25, 0.3) is 0 Å². The highest BCUT2D eigenvalue weighted by atomic mass is 35.5. The molecule has 13 heavy (non-hydrogen) atoms. The van der Waals surface area contributed by atoms with Crippen molar-refractivity contribution in [1.29, 1.82) is 5.26 Å². The molecule has 0 aromatic rings. The molecule has 0 aromatic heterocycles. The summed E-state index contributed by atoms with van der Waals surface area (Å²) in [7, 11) is 0. The number of aliphatic hydroxyl groups excluding tert-OH is 2. The summed E-state index contributed by atoms with van der Waals surface area (Å²) in [6.45, 7) is 1.32. The molecule has 0 fully saturated rings. The number of alkyl halides is 1. The van der Waals surface area contributed by atoms with E-state index in [0.717, 1.165) is 6.08 Å². The number of halogens is 1. The van der Waals surface area contributed by atoms with Crippen LogP contribution in [-0.4, -0.2) is 38.5 Å². The molecule has 0 saturated heterocycles. The molecule has 0 heterocycles. The number of nitriles is 1. The van der Waals surface area contributed by atoms with Gasteiger partial charge in [-0.1, -0.05) is 0 Å². The lowest BCUT2D eigenvalue weighted by atomic mass is 9.95. The summed E-state index contributed by atoms with van der Waals surface area (Å²) >= 11 is 5.65. The van der Waals surface area contributed by atoms with Crippen LogP contribution in [0, 0.1) is 11.3 Å². The van der Waals surface area contributed by atoms with Crippen molar-refractivity contribution in [2.45, 2.75) is 30.1 Å². The largest absolute Gasteiger partial charge is 0.390 e. The van der Waals surface area contributed by atoms with Gasteiger partial charge in [-0.2, -0.15) is 5.26 Å². The second-order valence-electron chi connectivity index (χ2n) is 3.12. The predicted octanol–water partition coefficient (Wildman–Crippen LogP) is -0.470. The highest BCUT2D eigenvalue weighted by molar-refractivity contribution is 6.23. The van der Waals surface area contributed by atoms with Gasteiger partial charge in [-0.05, 0) is 13.0 Å². The quantitative estimate of drug-likeness (QED) is 0.503. The molecule has 4 atom stereocenters. The first-order valence-electron chi connectivity index (χ1n) is 3.79. The molecule has 3 N–H and O–H groups in total. The lowest BCUT2D eigenvalue weighted by Gasteiger charge is -2.29. The topological polar surface area (TPSA) is 84.5 Å². The predicted molar refractivity (Wildman–Crippen MR) is 46.0 cm³/mol. The highest BCUT2D eigenvalue weighted by Gasteiger charge is 2.49. The molecule has 0 aromatic carbocycles. The standard InChI is InChI=1S/C8H10ClNO3/c1-4(11)8(13)2-5(3-10)6(9)7(8)12/h2,4,6-7,11-13H,1H3. The molecule has 0 amide bonds. The van der Waals surface area contributed by atoms with Crippen molar-refractivity contribution in [2.24, 2.45) is 0 Å². The van der Waals surface area contributed by atoms with Gasteiger partial charge in [-0.3, -0.25) is 0 Å². The van der Waals surface area contributed by atoms with E-state index in [4.69, 9.17) is 16.9 Å². The number of aliphatic hydroxyl groups is 3. The van der Waals surface area contributed by atoms with Crippen LogP contribution in [0.3, 0.4) is 0 Å². The Hall–Kier alpha value is -0.600. The van der Waals surface area contributed by atoms with Gasteiger partial charge in [0, 0.05) is 5.57 Å². The van der Waals surface area contributed by atoms with Crippen molar-refractivity contribution in [3.05, 3.63) is 11.6 Å². The van der Waals surface area contributed by atoms with Crippen molar-refractivity contribution in [3.63, 3.8) is 0 Å². The lowest BCUT2D eigenvalue weighted by molar-refractivity contribution is -0.0974. The summed E-state index contributed by atoms with van der Waals surface area (Å²) in [6.07, 6.45) is -1.40. The summed E-state index contributed by atoms with van der Waals surface area (Å²) in [5.41, 5.74) is -1.73. The van der Waals surface area contributed by atoms with Crippen molar-refractivity contribution in [1.82, 2.24) is 0 Å². The Morgan fingerprint density at radius 2 is 2.31 bits per heavy atom. The second-order valence-corrected chi connectivity index (χ2v) is 3.59. The molecule has 1 rings (SSSR count). The van der Waals surface area contributed by atoms with Crippen molar-refractivity contribution in [3.8, 4) is 6.07 Å². The molecule has 5 heteroatoms. The van der Waals surface area contributed by atoms with Gasteiger partial charge in [0.2, 0.25) is 0 Å². The van der Waals surface area contributed by atoms with Gasteiger partial charge in [0.05, 0.1) is 17.6 Å². The maximum Gasteiger partial charge on any atom is 0.137 e. The zero-order chi connectivity index (χ0) is 10.2. The molecule has 0 radical (unpaired) electrons. The Balaban J connectivity index is 3.05. The third kappa shape index (κ3) is 1.45. The minimum Gasteiger partial charge on any atom is -0.390 e. The van der Waals surface area contributed by atoms with E-state index in [0.29, 0.717) is 0 Å². The molecule has 0 aliphatic heterocycles. The zero-order valence-electron chi connectivity index (χ0n) is 6.98. The summed E-state index contributed by atoms with van der Waals surface area (Å²) in [5, 5.41) is 35.9. The number of rotatable bonds is 1. The molecule has 1 aliphatic rings. The van der Waals surface area contributed by atoms with Gasteiger partial charge >= 0.3 is 0 Å². The summed E-state index contributed by atoms with van der Waals surface area (Å²) in [4.78, 5) is 0. The first-order chi connectivity index (χ1) is 5.93. The Morgan fingerprint density at radius 1 is 1.77 bits per heavy atom. The molecular weight excluding hydrogens is 194 g/mol. The summed E-state index contributed by atoms with van der Waals surface area (Å²) < 4.78 is 0. The third-order valence-electron chi connectivity index (χ3n) is 2.23. The van der Waals surface area contributed by atoms with E-state index >= 15 is 0 Å². The van der Waals surface area contributed by atoms with Crippen LogP contribution in [0.15, 0.2) is 11.6 Å². The SMILES string of the molecule is CC(O)C1(O)C=C(C#N)C(Cl)C1O. The average molecular weight is 204 g/mol. The van der Waals surface area contributed by atoms with Crippen LogP contribution in [0.5, 0.6) is 0 Å². The van der Waals surface area contributed by atoms with Gasteiger partial charge in [0.15, 0.2) is 0 Å². The minimum atomic E-state index is -1.81. The molecule has 4 unspecified atom stereocenters. The first-order valence-corrected chi connectivity index (χ1v) is 4.22. The maximum absolute atomic E-state index is 9.70. The maximum atomic E-state index is 9.70. The Labute approximate surface area is 80.7 Å². The van der Waals surface area contributed by atoms with E-state index in [-0.39, 0.29) is 5.57 Å². The smallest absolute Gasteiger partial charge is 0.137 e. The van der Waals surface area contributed by atoms with Crippen LogP contribution in [0.2, 0.25) is 0 Å². The fraction of sp³-hybridized carbons (Fsp3) is 0.625. The molecule has 0 saturated carbocycles. The van der Waals surface area contributed by atoms with Crippen molar-refractivity contribution in [2.75, 3.05) is 0 Å². The number of hydrogen-bond donors (Lipinski definition) is 3. The number of nitrogens with zero attached hydrogens (tertiary/aromatic N) is 1. The van der Waals surface area contributed by atoms with Crippen LogP contribution in [0.25, 0.3) is 0 Å². The molecule has 1 aliphatic carbocycles. The van der Waals surface area contributed by atoms with Crippen molar-refractivity contribution >= 4 is 11.6 Å². The van der Waals surface area contributed by atoms with E-state index < -0.39 is 23.2 Å². The van der Waals surface area contributed by atoms with E-state index in [1.54, 1.807) is 6.07 Å². The van der Waals surface area contributed by atoms with Crippen LogP contribution in [0.4, 0.5) is 0 Å². The van der Waals surface area contributed by atoms with Crippen LogP contribution < -0.4 is 0 Å². The fourth-order valence-electron chi connectivity index (χ4n) is 1.28. The summed E-state index contributed by atoms with van der Waals surface area (Å²) in [5.74, 6) is 0. The normalized spacial score (nSPS) is 41.1. The Morgan fingerprint density at radius 3 is 2.54 bits per heavy atom. The molecule has 0 bridgehead atoms.